The van der Waals surface area contributed by atoms with Gasteiger partial charge in [-0.15, -0.1) is 23.5 Å². The molecule has 0 bridgehead atoms. The van der Waals surface area contributed by atoms with Crippen molar-refractivity contribution in [2.75, 3.05) is 43.3 Å². The fourth-order valence-corrected chi connectivity index (χ4v) is 3.32. The second kappa shape index (κ2) is 10.3. The third-order valence-corrected chi connectivity index (χ3v) is 5.12. The number of likely N-dealkylation sites (N-methyl/N-ethyl adjacent to an activating group) is 1. The van der Waals surface area contributed by atoms with Crippen molar-refractivity contribution in [2.45, 2.75) is 9.79 Å². The van der Waals surface area contributed by atoms with Gasteiger partial charge in [-0.1, -0.05) is 12.1 Å². The van der Waals surface area contributed by atoms with Crippen molar-refractivity contribution in [3.63, 3.8) is 0 Å². The number of carbonyl (C=O) groups excluding carboxylic acids is 2. The Kier molecular flexibility index (Phi) is 8.03. The number of nitrogens with one attached hydrogen (secondary N) is 2. The SMILES string of the molecule is CSc1ccc(NC(=O)CN(C)CC(=O)Nc2ccccc2SC)cc1. The van der Waals surface area contributed by atoms with Gasteiger partial charge in [0.05, 0.1) is 18.8 Å². The molecule has 0 saturated heterocycles. The lowest BCUT2D eigenvalue weighted by atomic mass is 10.3. The lowest BCUT2D eigenvalue weighted by Gasteiger charge is -2.17. The molecule has 2 aromatic rings. The van der Waals surface area contributed by atoms with Gasteiger partial charge in [0.25, 0.3) is 0 Å². The molecule has 7 heteroatoms. The van der Waals surface area contributed by atoms with Crippen LogP contribution in [0.2, 0.25) is 0 Å². The van der Waals surface area contributed by atoms with Gasteiger partial charge in [0.15, 0.2) is 0 Å². The third-order valence-electron chi connectivity index (χ3n) is 3.58. The Morgan fingerprint density at radius 3 is 2.12 bits per heavy atom. The summed E-state index contributed by atoms with van der Waals surface area (Å²) in [5.41, 5.74) is 1.54. The molecule has 0 unspecified atom stereocenters. The highest BCUT2D eigenvalue weighted by Crippen LogP contribution is 2.24. The first kappa shape index (κ1) is 20.4. The van der Waals surface area contributed by atoms with Gasteiger partial charge < -0.3 is 10.6 Å². The van der Waals surface area contributed by atoms with Crippen molar-refractivity contribution in [2.24, 2.45) is 0 Å². The number of para-hydroxylation sites is 1. The lowest BCUT2D eigenvalue weighted by molar-refractivity contribution is -0.119. The van der Waals surface area contributed by atoms with Crippen LogP contribution in [0.15, 0.2) is 58.3 Å². The predicted molar refractivity (Wildman–Crippen MR) is 111 cm³/mol. The van der Waals surface area contributed by atoms with Gasteiger partial charge in [0, 0.05) is 15.5 Å². The monoisotopic (exact) mass is 389 g/mol. The quantitative estimate of drug-likeness (QED) is 0.675. The zero-order chi connectivity index (χ0) is 18.9. The van der Waals surface area contributed by atoms with Crippen molar-refractivity contribution in [1.82, 2.24) is 4.90 Å². The van der Waals surface area contributed by atoms with Gasteiger partial charge in [0.2, 0.25) is 11.8 Å². The smallest absolute Gasteiger partial charge is 0.238 e. The fraction of sp³-hybridized carbons (Fsp3) is 0.263. The van der Waals surface area contributed by atoms with Crippen LogP contribution < -0.4 is 10.6 Å². The zero-order valence-corrected chi connectivity index (χ0v) is 16.7. The van der Waals surface area contributed by atoms with Crippen molar-refractivity contribution in [1.29, 1.82) is 0 Å². The van der Waals surface area contributed by atoms with Crippen LogP contribution in [0, 0.1) is 0 Å². The minimum absolute atomic E-state index is 0.140. The third kappa shape index (κ3) is 6.40. The molecule has 0 radical (unpaired) electrons. The molecule has 138 valence electrons. The Morgan fingerprint density at radius 1 is 0.885 bits per heavy atom. The Morgan fingerprint density at radius 2 is 1.50 bits per heavy atom. The highest BCUT2D eigenvalue weighted by molar-refractivity contribution is 7.99. The number of thioether (sulfide) groups is 2. The van der Waals surface area contributed by atoms with Crippen LogP contribution in [0.1, 0.15) is 0 Å². The average molecular weight is 390 g/mol. The molecule has 0 aromatic heterocycles. The summed E-state index contributed by atoms with van der Waals surface area (Å²) in [5.74, 6) is -0.298. The first-order valence-corrected chi connectivity index (χ1v) is 10.5. The summed E-state index contributed by atoms with van der Waals surface area (Å²) in [7, 11) is 1.75. The normalized spacial score (nSPS) is 10.6. The summed E-state index contributed by atoms with van der Waals surface area (Å²) in [6.45, 7) is 0.281. The molecule has 0 heterocycles. The van der Waals surface area contributed by atoms with Gasteiger partial charge in [-0.3, -0.25) is 14.5 Å². The molecule has 0 fully saturated rings. The van der Waals surface area contributed by atoms with E-state index in [9.17, 15) is 9.59 Å². The number of carbonyl (C=O) groups is 2. The van der Waals surface area contributed by atoms with E-state index in [4.69, 9.17) is 0 Å². The Bertz CT molecular complexity index is 751. The molecule has 0 saturated carbocycles. The first-order valence-electron chi connectivity index (χ1n) is 8.07. The van der Waals surface area contributed by atoms with Crippen LogP contribution in [-0.2, 0) is 9.59 Å². The molecule has 0 aliphatic heterocycles. The summed E-state index contributed by atoms with van der Waals surface area (Å²) < 4.78 is 0. The van der Waals surface area contributed by atoms with E-state index in [0.29, 0.717) is 0 Å². The highest BCUT2D eigenvalue weighted by Gasteiger charge is 2.12. The van der Waals surface area contributed by atoms with Crippen molar-refractivity contribution >= 4 is 46.7 Å². The van der Waals surface area contributed by atoms with Crippen molar-refractivity contribution in [3.8, 4) is 0 Å². The largest absolute Gasteiger partial charge is 0.325 e. The van der Waals surface area contributed by atoms with E-state index in [1.165, 1.54) is 0 Å². The Balaban J connectivity index is 1.82. The molecule has 2 amide bonds. The number of hydrogen-bond acceptors (Lipinski definition) is 5. The molecule has 5 nitrogen and oxygen atoms in total. The maximum Gasteiger partial charge on any atom is 0.238 e. The second-order valence-electron chi connectivity index (χ2n) is 5.70. The van der Waals surface area contributed by atoms with Crippen LogP contribution in [0.5, 0.6) is 0 Å². The molecule has 26 heavy (non-hydrogen) atoms. The van der Waals surface area contributed by atoms with E-state index >= 15 is 0 Å². The molecule has 2 N–H and O–H groups in total. The summed E-state index contributed by atoms with van der Waals surface area (Å²) in [6.07, 6.45) is 3.97. The molecule has 2 rings (SSSR count). The molecular weight excluding hydrogens is 366 g/mol. The van der Waals surface area contributed by atoms with Crippen LogP contribution in [-0.4, -0.2) is 49.4 Å². The number of anilines is 2. The van der Waals surface area contributed by atoms with Crippen LogP contribution >= 0.6 is 23.5 Å². The average Bonchev–Trinajstić information content (AvgIpc) is 2.62. The number of rotatable bonds is 8. The topological polar surface area (TPSA) is 61.4 Å². The van der Waals surface area contributed by atoms with E-state index in [1.54, 1.807) is 35.5 Å². The highest BCUT2D eigenvalue weighted by atomic mass is 32.2. The number of hydrogen-bond donors (Lipinski definition) is 2. The summed E-state index contributed by atoms with van der Waals surface area (Å²) in [5, 5.41) is 5.73. The van der Waals surface area contributed by atoms with Crippen molar-refractivity contribution in [3.05, 3.63) is 48.5 Å². The van der Waals surface area contributed by atoms with E-state index in [2.05, 4.69) is 10.6 Å². The predicted octanol–water partition coefficient (Wildman–Crippen LogP) is 3.64. The van der Waals surface area contributed by atoms with Crippen LogP contribution in [0.3, 0.4) is 0 Å². The van der Waals surface area contributed by atoms with Crippen LogP contribution in [0.4, 0.5) is 11.4 Å². The van der Waals surface area contributed by atoms with Gasteiger partial charge in [0.1, 0.15) is 0 Å². The van der Waals surface area contributed by atoms with Gasteiger partial charge in [-0.2, -0.15) is 0 Å². The molecular formula is C19H23N3O2S2. The Labute approximate surface area is 162 Å². The van der Waals surface area contributed by atoms with E-state index in [0.717, 1.165) is 21.2 Å². The maximum atomic E-state index is 12.2. The van der Waals surface area contributed by atoms with Gasteiger partial charge in [-0.05, 0) is 56.0 Å². The minimum atomic E-state index is -0.151. The summed E-state index contributed by atoms with van der Waals surface area (Å²) in [6, 6.07) is 15.3. The summed E-state index contributed by atoms with van der Waals surface area (Å²) in [4.78, 5) is 28.2. The molecule has 0 aliphatic rings. The number of amides is 2. The van der Waals surface area contributed by atoms with E-state index in [-0.39, 0.29) is 24.9 Å². The summed E-state index contributed by atoms with van der Waals surface area (Å²) >= 11 is 3.23. The standard InChI is InChI=1S/C19H23N3O2S2/c1-22(12-18(23)20-14-8-10-15(25-2)11-9-14)13-19(24)21-16-6-4-5-7-17(16)26-3/h4-11H,12-13H2,1-3H3,(H,20,23)(H,21,24). The zero-order valence-electron chi connectivity index (χ0n) is 15.1. The first-order chi connectivity index (χ1) is 12.5. The maximum absolute atomic E-state index is 12.2. The number of nitrogens with zero attached hydrogens (tertiary/aromatic N) is 1. The molecule has 0 atom stereocenters. The minimum Gasteiger partial charge on any atom is -0.325 e. The molecule has 2 aromatic carbocycles. The number of benzene rings is 2. The van der Waals surface area contributed by atoms with Gasteiger partial charge >= 0.3 is 0 Å². The second-order valence-corrected chi connectivity index (χ2v) is 7.43. The Hall–Kier alpha value is -1.96. The fourth-order valence-electron chi connectivity index (χ4n) is 2.36. The molecule has 0 aliphatic carbocycles. The van der Waals surface area contributed by atoms with Crippen molar-refractivity contribution < 1.29 is 9.59 Å². The van der Waals surface area contributed by atoms with E-state index in [1.807, 2.05) is 61.0 Å². The van der Waals surface area contributed by atoms with E-state index < -0.39 is 0 Å². The lowest BCUT2D eigenvalue weighted by Crippen LogP contribution is -2.36. The van der Waals surface area contributed by atoms with Crippen LogP contribution in [0.25, 0.3) is 0 Å². The molecule has 0 spiro atoms. The van der Waals surface area contributed by atoms with Gasteiger partial charge in [-0.25, -0.2) is 0 Å².